The highest BCUT2D eigenvalue weighted by molar-refractivity contribution is 8.76. The number of phenolic OH excluding ortho intramolecular Hbond substituents is 1. The molecule has 0 aliphatic carbocycles. The third-order valence-electron chi connectivity index (χ3n) is 13.7. The molecule has 24 heteroatoms. The molecule has 0 aromatic heterocycles. The van der Waals surface area contributed by atoms with Crippen LogP contribution < -0.4 is 48.3 Å². The Labute approximate surface area is 495 Å². The molecule has 13 N–H and O–H groups in total. The van der Waals surface area contributed by atoms with E-state index in [0.717, 1.165) is 31.9 Å². The van der Waals surface area contributed by atoms with Gasteiger partial charge in [-0.1, -0.05) is 139 Å². The molecule has 0 bridgehead atoms. The number of aromatic hydroxyl groups is 1. The minimum Gasteiger partial charge on any atom is -0.508 e. The lowest BCUT2D eigenvalue weighted by molar-refractivity contribution is -0.141. The highest BCUT2D eigenvalue weighted by Crippen LogP contribution is 2.24. The number of amides is 8. The molecular formula is C60H74N10O12S2. The number of carboxylic acid groups (broad SMARTS) is 1. The number of aliphatic carboxylic acids is 1. The smallest absolute Gasteiger partial charge is 0.327 e. The number of aliphatic hydroxyl groups is 1. The zero-order valence-corrected chi connectivity index (χ0v) is 48.8. The fourth-order valence-corrected chi connectivity index (χ4v) is 11.5. The predicted octanol–water partition coefficient (Wildman–Crippen LogP) is 2.05. The fourth-order valence-electron chi connectivity index (χ4n) is 9.17. The number of fused-ring (bicyclic) bond motifs is 1. The van der Waals surface area contributed by atoms with Crippen molar-refractivity contribution in [3.8, 4) is 5.75 Å². The number of hydrogen-bond acceptors (Lipinski definition) is 15. The number of nitrogens with zero attached hydrogens (tertiary/aromatic N) is 1. The Balaban J connectivity index is 1.45. The molecule has 84 heavy (non-hydrogen) atoms. The van der Waals surface area contributed by atoms with Crippen molar-refractivity contribution in [2.45, 2.75) is 120 Å². The Kier molecular flexibility index (Phi) is 24.9. The number of nitrogens with one attached hydrogen (secondary N) is 8. The first kappa shape index (κ1) is 65.1. The predicted molar refractivity (Wildman–Crippen MR) is 321 cm³/mol. The van der Waals surface area contributed by atoms with E-state index in [0.29, 0.717) is 28.5 Å². The number of rotatable bonds is 16. The van der Waals surface area contributed by atoms with Gasteiger partial charge in [0.2, 0.25) is 35.4 Å². The normalized spacial score (nSPS) is 22.5. The number of carbonyl (C=O) groups is 9. The summed E-state index contributed by atoms with van der Waals surface area (Å²) in [5.41, 5.74) is 7.61. The molecule has 5 aromatic carbocycles. The van der Waals surface area contributed by atoms with Crippen molar-refractivity contribution in [3.05, 3.63) is 150 Å². The molecule has 1 aliphatic heterocycles. The Hall–Kier alpha value is -8.03. The summed E-state index contributed by atoms with van der Waals surface area (Å²) in [6.45, 7) is 5.02. The fraction of sp³-hybridized carbons (Fsp3) is 0.383. The monoisotopic (exact) mass is 1190 g/mol. The van der Waals surface area contributed by atoms with Gasteiger partial charge in [0.25, 0.3) is 11.8 Å². The van der Waals surface area contributed by atoms with Crippen molar-refractivity contribution in [3.63, 3.8) is 0 Å². The van der Waals surface area contributed by atoms with Crippen molar-refractivity contribution in [2.75, 3.05) is 25.1 Å². The van der Waals surface area contributed by atoms with Gasteiger partial charge in [0.05, 0.1) is 12.1 Å². The highest BCUT2D eigenvalue weighted by Gasteiger charge is 2.38. The number of aliphatic hydroxyl groups excluding tert-OH is 1. The van der Waals surface area contributed by atoms with Crippen LogP contribution in [-0.2, 0) is 57.6 Å². The molecule has 0 radical (unpaired) electrons. The maximum absolute atomic E-state index is 15.1. The Morgan fingerprint density at radius 2 is 1.08 bits per heavy atom. The number of likely N-dealkylation sites (N-methyl/N-ethyl adjacent to an activating group) is 1. The largest absolute Gasteiger partial charge is 0.508 e. The van der Waals surface area contributed by atoms with Gasteiger partial charge in [-0.15, -0.1) is 0 Å². The first-order valence-electron chi connectivity index (χ1n) is 27.6. The van der Waals surface area contributed by atoms with Gasteiger partial charge in [0, 0.05) is 49.4 Å². The summed E-state index contributed by atoms with van der Waals surface area (Å²) in [6, 6.07) is 24.8. The van der Waals surface area contributed by atoms with Gasteiger partial charge in [0.1, 0.15) is 42.0 Å². The summed E-state index contributed by atoms with van der Waals surface area (Å²) in [7, 11) is 3.43. The van der Waals surface area contributed by atoms with Crippen LogP contribution in [0.2, 0.25) is 0 Å². The summed E-state index contributed by atoms with van der Waals surface area (Å²) in [5, 5.41) is 54.9. The first-order chi connectivity index (χ1) is 40.2. The molecule has 22 nitrogen and oxygen atoms in total. The SMILES string of the molecule is CC(C)NC1CSSC[C@@H](C(=O)O)NC(=O)[C@H](Cc2ccccc2)NC(=O)[C@H]([C@@H](C)O)NC(=O)[C@H](CCCCN)NC(=O)[C@@H](N(C)C(=O)c2ccc3ccccc3c2)NC(=O)[C@H](Cc2ccc(O)cc2)NC(=O)[C@H](Cc2ccccc2)NC1=O. The standard InChI is InChI=1S/C60H74N10O12S2/c1-35(2)62-48-33-83-84-34-49(60(81)82)67-54(75)46(30-38-17-9-6-10-18-38)66-57(78)50(36(3)71)68-52(73)44(21-13-14-28-61)63-58(79)51(70(4)59(80)42-25-24-40-19-11-12-20-41(40)32-42)69-55(76)47(31-39-22-26-43(72)27-23-39)64-53(74)45(65-56(48)77)29-37-15-7-5-8-16-37/h5-12,15-20,22-27,32,35-36,44-51,62,71-72H,13-14,21,28-31,33-34,61H2,1-4H3,(H,63,79)(H,64,74)(H,65,77)(H,66,78)(H,67,75)(H,68,73)(H,69,76)(H,81,82)/t36-,44+,45+,46+,47+,48?,49+,50+,51-/m1/s1. The van der Waals surface area contributed by atoms with Crippen LogP contribution >= 0.6 is 21.6 Å². The minimum absolute atomic E-state index is 0.0302. The van der Waals surface area contributed by atoms with E-state index in [2.05, 4.69) is 42.5 Å². The second-order valence-electron chi connectivity index (χ2n) is 20.7. The summed E-state index contributed by atoms with van der Waals surface area (Å²) >= 11 is 0. The van der Waals surface area contributed by atoms with Crippen LogP contribution in [0.25, 0.3) is 10.8 Å². The van der Waals surface area contributed by atoms with E-state index >= 15 is 9.59 Å². The molecule has 1 saturated heterocycles. The number of carbonyl (C=O) groups excluding carboxylic acids is 8. The average molecular weight is 1190 g/mol. The lowest BCUT2D eigenvalue weighted by atomic mass is 10.0. The molecule has 1 aliphatic rings. The maximum Gasteiger partial charge on any atom is 0.327 e. The molecule has 9 atom stereocenters. The Morgan fingerprint density at radius 1 is 0.583 bits per heavy atom. The van der Waals surface area contributed by atoms with Crippen LogP contribution in [0.1, 0.15) is 67.1 Å². The molecular weight excluding hydrogens is 1120 g/mol. The van der Waals surface area contributed by atoms with E-state index in [4.69, 9.17) is 5.73 Å². The number of nitrogens with two attached hydrogens (primary N) is 1. The second kappa shape index (κ2) is 32.1. The average Bonchev–Trinajstić information content (AvgIpc) is 3.53. The van der Waals surface area contributed by atoms with Gasteiger partial charge in [-0.2, -0.15) is 0 Å². The molecule has 1 heterocycles. The lowest BCUT2D eigenvalue weighted by Gasteiger charge is -2.32. The van der Waals surface area contributed by atoms with E-state index in [9.17, 15) is 48.9 Å². The summed E-state index contributed by atoms with van der Waals surface area (Å²) in [4.78, 5) is 131. The van der Waals surface area contributed by atoms with E-state index in [1.807, 2.05) is 26.0 Å². The number of benzene rings is 5. The van der Waals surface area contributed by atoms with Crippen LogP contribution in [0, 0.1) is 0 Å². The van der Waals surface area contributed by atoms with Gasteiger partial charge < -0.3 is 68.5 Å². The van der Waals surface area contributed by atoms with Gasteiger partial charge in [-0.05, 0) is 84.5 Å². The summed E-state index contributed by atoms with van der Waals surface area (Å²) in [6.07, 6.45) is -3.53. The van der Waals surface area contributed by atoms with Crippen LogP contribution in [0.3, 0.4) is 0 Å². The van der Waals surface area contributed by atoms with Crippen LogP contribution in [0.15, 0.2) is 127 Å². The third-order valence-corrected chi connectivity index (χ3v) is 16.2. The minimum atomic E-state index is -1.93. The van der Waals surface area contributed by atoms with Gasteiger partial charge >= 0.3 is 5.97 Å². The topological polar surface area (TPSA) is 340 Å². The van der Waals surface area contributed by atoms with Gasteiger partial charge in [-0.25, -0.2) is 4.79 Å². The first-order valence-corrected chi connectivity index (χ1v) is 30.1. The molecule has 5 aromatic rings. The Morgan fingerprint density at radius 3 is 1.65 bits per heavy atom. The van der Waals surface area contributed by atoms with E-state index in [1.165, 1.54) is 38.2 Å². The zero-order valence-electron chi connectivity index (χ0n) is 47.1. The summed E-state index contributed by atoms with van der Waals surface area (Å²) in [5.74, 6) is -8.88. The highest BCUT2D eigenvalue weighted by atomic mass is 33.1. The molecule has 448 valence electrons. The number of carboxylic acids is 1. The summed E-state index contributed by atoms with van der Waals surface area (Å²) < 4.78 is 0. The van der Waals surface area contributed by atoms with Crippen molar-refractivity contribution in [1.82, 2.24) is 47.4 Å². The van der Waals surface area contributed by atoms with Crippen LogP contribution in [0.5, 0.6) is 5.75 Å². The van der Waals surface area contributed by atoms with E-state index < -0.39 is 108 Å². The van der Waals surface area contributed by atoms with Crippen molar-refractivity contribution in [1.29, 1.82) is 0 Å². The number of unbranched alkanes of at least 4 members (excludes halogenated alkanes) is 1. The third kappa shape index (κ3) is 19.5. The maximum atomic E-state index is 15.1. The Bertz CT molecular complexity index is 3070. The quantitative estimate of drug-likeness (QED) is 0.0497. The number of hydrogen-bond donors (Lipinski definition) is 12. The molecule has 1 unspecified atom stereocenters. The van der Waals surface area contributed by atoms with Gasteiger partial charge in [0.15, 0.2) is 6.17 Å². The molecule has 6 rings (SSSR count). The zero-order chi connectivity index (χ0) is 60.9. The second-order valence-corrected chi connectivity index (χ2v) is 23.3. The molecule has 8 amide bonds. The van der Waals surface area contributed by atoms with Crippen LogP contribution in [0.4, 0.5) is 0 Å². The van der Waals surface area contributed by atoms with Gasteiger partial charge in [-0.3, -0.25) is 38.4 Å². The number of phenols is 1. The molecule has 0 saturated carbocycles. The van der Waals surface area contributed by atoms with E-state index in [-0.39, 0.29) is 67.5 Å². The van der Waals surface area contributed by atoms with Crippen LogP contribution in [-0.4, -0.2) is 159 Å². The lowest BCUT2D eigenvalue weighted by Crippen LogP contribution is -2.64. The molecule has 0 spiro atoms. The van der Waals surface area contributed by atoms with Crippen molar-refractivity contribution >= 4 is 85.6 Å². The van der Waals surface area contributed by atoms with Crippen molar-refractivity contribution < 1.29 is 58.5 Å². The molecule has 1 fully saturated rings. The van der Waals surface area contributed by atoms with E-state index in [1.54, 1.807) is 91.0 Å². The van der Waals surface area contributed by atoms with Crippen molar-refractivity contribution in [2.24, 2.45) is 5.73 Å².